The molecule has 1 rings (SSSR count). The van der Waals surface area contributed by atoms with E-state index in [1.54, 1.807) is 0 Å². The number of nitrogens with two attached hydrogens (primary N) is 1. The molecule has 0 aromatic heterocycles. The van der Waals surface area contributed by atoms with Gasteiger partial charge in [-0.25, -0.2) is 5.90 Å². The lowest BCUT2D eigenvalue weighted by atomic mass is 10.1. The normalized spacial score (nSPS) is 17.7. The second-order valence-electron chi connectivity index (χ2n) is 2.07. The van der Waals surface area contributed by atoms with Gasteiger partial charge < -0.3 is 0 Å². The summed E-state index contributed by atoms with van der Waals surface area (Å²) in [5.74, 6) is 4.88. The van der Waals surface area contributed by atoms with Crippen LogP contribution in [0.4, 0.5) is 0 Å². The summed E-state index contributed by atoms with van der Waals surface area (Å²) in [6.07, 6.45) is 8.60. The van der Waals surface area contributed by atoms with Gasteiger partial charge >= 0.3 is 0 Å². The van der Waals surface area contributed by atoms with Crippen LogP contribution in [0, 0.1) is 0 Å². The van der Waals surface area contributed by atoms with Crippen molar-refractivity contribution in [1.82, 2.24) is 0 Å². The molecule has 0 aromatic rings. The third-order valence-electron chi connectivity index (χ3n) is 1.32. The minimum Gasteiger partial charge on any atom is -0.300 e. The molecule has 0 aromatic carbocycles. The molecule has 0 bridgehead atoms. The summed E-state index contributed by atoms with van der Waals surface area (Å²) in [6, 6.07) is 0. The van der Waals surface area contributed by atoms with Crippen LogP contribution in [-0.2, 0) is 4.84 Å². The van der Waals surface area contributed by atoms with Gasteiger partial charge in [0.1, 0.15) is 0 Å². The summed E-state index contributed by atoms with van der Waals surface area (Å²) in [6.45, 7) is 0.538. The SMILES string of the molecule is NOCC1=CCCC=C1. The van der Waals surface area contributed by atoms with E-state index in [4.69, 9.17) is 5.90 Å². The molecule has 1 aliphatic rings. The Morgan fingerprint density at radius 2 is 2.44 bits per heavy atom. The van der Waals surface area contributed by atoms with Gasteiger partial charge in [0.25, 0.3) is 0 Å². The Balaban J connectivity index is 2.38. The number of allylic oxidation sites excluding steroid dienone is 2. The Kier molecular flexibility index (Phi) is 2.48. The highest BCUT2D eigenvalue weighted by atomic mass is 16.6. The van der Waals surface area contributed by atoms with Crippen LogP contribution >= 0.6 is 0 Å². The number of rotatable bonds is 2. The standard InChI is InChI=1S/C7H11NO/c8-9-6-7-4-2-1-3-5-7/h2,4-5H,1,3,6,8H2. The Morgan fingerprint density at radius 1 is 1.56 bits per heavy atom. The summed E-state index contributed by atoms with van der Waals surface area (Å²) in [7, 11) is 0. The third kappa shape index (κ3) is 2.00. The molecule has 50 valence electrons. The summed E-state index contributed by atoms with van der Waals surface area (Å²) in [4.78, 5) is 4.46. The molecule has 0 amide bonds. The van der Waals surface area contributed by atoms with Gasteiger partial charge in [0.2, 0.25) is 0 Å². The van der Waals surface area contributed by atoms with Gasteiger partial charge in [-0.15, -0.1) is 0 Å². The van der Waals surface area contributed by atoms with Gasteiger partial charge in [-0.05, 0) is 18.4 Å². The lowest BCUT2D eigenvalue weighted by molar-refractivity contribution is 0.163. The molecule has 0 saturated heterocycles. The monoisotopic (exact) mass is 125 g/mol. The van der Waals surface area contributed by atoms with E-state index in [0.29, 0.717) is 6.61 Å². The highest BCUT2D eigenvalue weighted by Crippen LogP contribution is 2.08. The van der Waals surface area contributed by atoms with E-state index in [1.165, 1.54) is 5.57 Å². The molecule has 0 spiro atoms. The first-order valence-electron chi connectivity index (χ1n) is 3.11. The Morgan fingerprint density at radius 3 is 3.00 bits per heavy atom. The van der Waals surface area contributed by atoms with Crippen LogP contribution in [0.1, 0.15) is 12.8 Å². The average Bonchev–Trinajstić information content (AvgIpc) is 1.91. The first-order valence-corrected chi connectivity index (χ1v) is 3.11. The molecule has 2 N–H and O–H groups in total. The molecule has 0 saturated carbocycles. The minimum atomic E-state index is 0.538. The number of hydrogen-bond acceptors (Lipinski definition) is 2. The Bertz CT molecular complexity index is 138. The van der Waals surface area contributed by atoms with Crippen molar-refractivity contribution in [1.29, 1.82) is 0 Å². The second-order valence-corrected chi connectivity index (χ2v) is 2.07. The lowest BCUT2D eigenvalue weighted by Gasteiger charge is -2.03. The predicted octanol–water partition coefficient (Wildman–Crippen LogP) is 1.15. The maximum Gasteiger partial charge on any atom is 0.0926 e. The summed E-state index contributed by atoms with van der Waals surface area (Å²) in [5.41, 5.74) is 1.18. The van der Waals surface area contributed by atoms with Crippen LogP contribution < -0.4 is 5.90 Å². The molecular formula is C7H11NO. The van der Waals surface area contributed by atoms with E-state index in [9.17, 15) is 0 Å². The smallest absolute Gasteiger partial charge is 0.0926 e. The van der Waals surface area contributed by atoms with Crippen LogP contribution in [0.2, 0.25) is 0 Å². The molecule has 9 heavy (non-hydrogen) atoms. The largest absolute Gasteiger partial charge is 0.300 e. The maximum absolute atomic E-state index is 4.88. The van der Waals surface area contributed by atoms with Gasteiger partial charge in [0.15, 0.2) is 0 Å². The topological polar surface area (TPSA) is 35.2 Å². The van der Waals surface area contributed by atoms with E-state index in [0.717, 1.165) is 12.8 Å². The fraction of sp³-hybridized carbons (Fsp3) is 0.429. The van der Waals surface area contributed by atoms with E-state index in [1.807, 2.05) is 0 Å². The molecule has 0 heterocycles. The predicted molar refractivity (Wildman–Crippen MR) is 36.6 cm³/mol. The van der Waals surface area contributed by atoms with Gasteiger partial charge in [0.05, 0.1) is 6.61 Å². The van der Waals surface area contributed by atoms with Crippen molar-refractivity contribution in [2.45, 2.75) is 12.8 Å². The van der Waals surface area contributed by atoms with Crippen molar-refractivity contribution in [3.05, 3.63) is 23.8 Å². The fourth-order valence-corrected chi connectivity index (χ4v) is 0.871. The summed E-state index contributed by atoms with van der Waals surface area (Å²) in [5, 5.41) is 0. The molecule has 0 aliphatic heterocycles. The lowest BCUT2D eigenvalue weighted by Crippen LogP contribution is -2.03. The zero-order valence-corrected chi connectivity index (χ0v) is 5.34. The molecule has 2 heteroatoms. The van der Waals surface area contributed by atoms with Gasteiger partial charge in [-0.2, -0.15) is 0 Å². The molecule has 1 aliphatic carbocycles. The zero-order chi connectivity index (χ0) is 6.53. The Labute approximate surface area is 55.0 Å². The highest BCUT2D eigenvalue weighted by molar-refractivity contribution is 5.22. The van der Waals surface area contributed by atoms with Gasteiger partial charge in [-0.1, -0.05) is 18.2 Å². The molecular weight excluding hydrogens is 114 g/mol. The van der Waals surface area contributed by atoms with Crippen LogP contribution in [0.5, 0.6) is 0 Å². The quantitative estimate of drug-likeness (QED) is 0.562. The Hall–Kier alpha value is -0.600. The van der Waals surface area contributed by atoms with Crippen LogP contribution in [0.3, 0.4) is 0 Å². The van der Waals surface area contributed by atoms with Crippen molar-refractivity contribution in [2.75, 3.05) is 6.61 Å². The zero-order valence-electron chi connectivity index (χ0n) is 5.34. The molecule has 2 nitrogen and oxygen atoms in total. The van der Waals surface area contributed by atoms with Crippen molar-refractivity contribution < 1.29 is 4.84 Å². The van der Waals surface area contributed by atoms with E-state index >= 15 is 0 Å². The maximum atomic E-state index is 4.88. The summed E-state index contributed by atoms with van der Waals surface area (Å²) < 4.78 is 0. The second kappa shape index (κ2) is 3.43. The molecule has 0 unspecified atom stereocenters. The third-order valence-corrected chi connectivity index (χ3v) is 1.32. The van der Waals surface area contributed by atoms with E-state index in [2.05, 4.69) is 23.1 Å². The van der Waals surface area contributed by atoms with Gasteiger partial charge in [-0.3, -0.25) is 4.84 Å². The average molecular weight is 125 g/mol. The van der Waals surface area contributed by atoms with Crippen molar-refractivity contribution in [2.24, 2.45) is 5.90 Å². The first-order chi connectivity index (χ1) is 4.43. The van der Waals surface area contributed by atoms with Crippen molar-refractivity contribution >= 4 is 0 Å². The van der Waals surface area contributed by atoms with Crippen molar-refractivity contribution in [3.8, 4) is 0 Å². The van der Waals surface area contributed by atoms with Crippen LogP contribution in [-0.4, -0.2) is 6.61 Å². The van der Waals surface area contributed by atoms with Crippen LogP contribution in [0.25, 0.3) is 0 Å². The first kappa shape index (κ1) is 6.52. The molecule has 0 atom stereocenters. The van der Waals surface area contributed by atoms with E-state index in [-0.39, 0.29) is 0 Å². The minimum absolute atomic E-state index is 0.538. The number of hydrogen-bond donors (Lipinski definition) is 1. The molecule has 0 radical (unpaired) electrons. The van der Waals surface area contributed by atoms with Crippen molar-refractivity contribution in [3.63, 3.8) is 0 Å². The summed E-state index contributed by atoms with van der Waals surface area (Å²) >= 11 is 0. The van der Waals surface area contributed by atoms with Crippen LogP contribution in [0.15, 0.2) is 23.8 Å². The van der Waals surface area contributed by atoms with E-state index < -0.39 is 0 Å². The molecule has 0 fully saturated rings. The van der Waals surface area contributed by atoms with Gasteiger partial charge in [0, 0.05) is 0 Å². The highest BCUT2D eigenvalue weighted by Gasteiger charge is 1.94. The fourth-order valence-electron chi connectivity index (χ4n) is 0.871.